The maximum Gasteiger partial charge on any atom is 0.182 e. The third-order valence-electron chi connectivity index (χ3n) is 0.945. The van der Waals surface area contributed by atoms with E-state index >= 15 is 0 Å². The highest BCUT2D eigenvalue weighted by Gasteiger charge is 1.92. The predicted octanol–water partition coefficient (Wildman–Crippen LogP) is 1.83. The summed E-state index contributed by atoms with van der Waals surface area (Å²) >= 11 is 1.58. The second-order valence-corrected chi connectivity index (χ2v) is 2.39. The van der Waals surface area contributed by atoms with Gasteiger partial charge in [-0.15, -0.1) is 11.3 Å². The number of anilines is 1. The second kappa shape index (κ2) is 2.64. The van der Waals surface area contributed by atoms with Crippen molar-refractivity contribution in [1.82, 2.24) is 4.98 Å². The van der Waals surface area contributed by atoms with Gasteiger partial charge in [0.2, 0.25) is 0 Å². The Hall–Kier alpha value is -0.830. The number of aromatic nitrogens is 1. The largest absolute Gasteiger partial charge is 0.365 e. The summed E-state index contributed by atoms with van der Waals surface area (Å²) in [6.07, 6.45) is 1.73. The van der Waals surface area contributed by atoms with E-state index < -0.39 is 0 Å². The van der Waals surface area contributed by atoms with Gasteiger partial charge in [0.1, 0.15) is 0 Å². The van der Waals surface area contributed by atoms with Crippen molar-refractivity contribution < 1.29 is 0 Å². The van der Waals surface area contributed by atoms with Gasteiger partial charge in [0.25, 0.3) is 0 Å². The van der Waals surface area contributed by atoms with Crippen molar-refractivity contribution in [2.45, 2.75) is 0 Å². The third-order valence-corrected chi connectivity index (χ3v) is 1.82. The highest BCUT2D eigenvalue weighted by molar-refractivity contribution is 7.13. The first-order valence-electron chi connectivity index (χ1n) is 2.62. The highest BCUT2D eigenvalue weighted by Crippen LogP contribution is 2.14. The molecule has 1 heterocycles. The van der Waals surface area contributed by atoms with Gasteiger partial charge < -0.3 is 5.32 Å². The van der Waals surface area contributed by atoms with Crippen LogP contribution >= 0.6 is 11.3 Å². The molecule has 2 nitrogen and oxygen atoms in total. The summed E-state index contributed by atoms with van der Waals surface area (Å²) in [5.74, 6) is 0. The topological polar surface area (TPSA) is 24.9 Å². The minimum absolute atomic E-state index is 0.935. The molecule has 1 rings (SSSR count). The molecule has 0 saturated carbocycles. The molecule has 0 aliphatic heterocycles. The zero-order chi connectivity index (χ0) is 6.69. The van der Waals surface area contributed by atoms with Crippen molar-refractivity contribution in [2.24, 2.45) is 0 Å². The predicted molar refractivity (Wildman–Crippen MR) is 41.8 cm³/mol. The summed E-state index contributed by atoms with van der Waals surface area (Å²) in [6, 6.07) is 0. The van der Waals surface area contributed by atoms with E-state index in [0.29, 0.717) is 0 Å². The van der Waals surface area contributed by atoms with E-state index in [1.54, 1.807) is 17.4 Å². The molecule has 0 aliphatic rings. The molecule has 0 amide bonds. The highest BCUT2D eigenvalue weighted by atomic mass is 32.1. The van der Waals surface area contributed by atoms with Crippen LogP contribution in [0.2, 0.25) is 0 Å². The first-order chi connectivity index (χ1) is 4.36. The van der Waals surface area contributed by atoms with Crippen LogP contribution in [0, 0.1) is 0 Å². The van der Waals surface area contributed by atoms with Crippen molar-refractivity contribution in [3.63, 3.8) is 0 Å². The molecule has 48 valence electrons. The summed E-state index contributed by atoms with van der Waals surface area (Å²) in [7, 11) is 1.85. The smallest absolute Gasteiger partial charge is 0.182 e. The Balaban J connectivity index is 2.86. The molecule has 3 heteroatoms. The molecule has 0 aliphatic carbocycles. The Morgan fingerprint density at radius 3 is 3.00 bits per heavy atom. The number of hydrogen-bond donors (Lipinski definition) is 1. The summed E-state index contributed by atoms with van der Waals surface area (Å²) in [4.78, 5) is 4.14. The molecule has 0 radical (unpaired) electrons. The molecular weight excluding hydrogens is 132 g/mol. The van der Waals surface area contributed by atoms with Gasteiger partial charge in [-0.1, -0.05) is 6.58 Å². The SMILES string of the molecule is C=Cc1csc(NC)n1. The standard InChI is InChI=1S/C6H8N2S/c1-3-5-4-9-6(7-2)8-5/h3-4H,1H2,2H3,(H,7,8). The first kappa shape index (κ1) is 6.29. The zero-order valence-corrected chi connectivity index (χ0v) is 6.03. The molecule has 0 atom stereocenters. The van der Waals surface area contributed by atoms with Crippen LogP contribution < -0.4 is 5.32 Å². The molecule has 0 aromatic carbocycles. The van der Waals surface area contributed by atoms with E-state index in [-0.39, 0.29) is 0 Å². The fourth-order valence-corrected chi connectivity index (χ4v) is 1.15. The van der Waals surface area contributed by atoms with Crippen molar-refractivity contribution in [3.05, 3.63) is 17.7 Å². The fraction of sp³-hybridized carbons (Fsp3) is 0.167. The zero-order valence-electron chi connectivity index (χ0n) is 5.22. The molecule has 0 spiro atoms. The van der Waals surface area contributed by atoms with Crippen LogP contribution in [0.4, 0.5) is 5.13 Å². The summed E-state index contributed by atoms with van der Waals surface area (Å²) in [6.45, 7) is 3.59. The molecule has 1 aromatic rings. The molecule has 1 aromatic heterocycles. The molecule has 1 N–H and O–H groups in total. The van der Waals surface area contributed by atoms with Crippen molar-refractivity contribution in [1.29, 1.82) is 0 Å². The quantitative estimate of drug-likeness (QED) is 0.677. The molecular formula is C6H8N2S. The van der Waals surface area contributed by atoms with E-state index in [1.807, 2.05) is 12.4 Å². The van der Waals surface area contributed by atoms with Gasteiger partial charge in [0.15, 0.2) is 5.13 Å². The number of hydrogen-bond acceptors (Lipinski definition) is 3. The van der Waals surface area contributed by atoms with Crippen LogP contribution in [-0.2, 0) is 0 Å². The normalized spacial score (nSPS) is 9.00. The molecule has 0 fully saturated rings. The van der Waals surface area contributed by atoms with Gasteiger partial charge in [-0.05, 0) is 6.08 Å². The van der Waals surface area contributed by atoms with Crippen LogP contribution in [0.1, 0.15) is 5.69 Å². The lowest BCUT2D eigenvalue weighted by atomic mass is 10.5. The van der Waals surface area contributed by atoms with Crippen LogP contribution in [-0.4, -0.2) is 12.0 Å². The minimum atomic E-state index is 0.935. The van der Waals surface area contributed by atoms with Gasteiger partial charge in [0, 0.05) is 12.4 Å². The average Bonchev–Trinajstić information content (AvgIpc) is 2.34. The number of thiazole rings is 1. The second-order valence-electron chi connectivity index (χ2n) is 1.53. The minimum Gasteiger partial charge on any atom is -0.365 e. The Bertz CT molecular complexity index is 205. The van der Waals surface area contributed by atoms with Crippen molar-refractivity contribution >= 4 is 22.5 Å². The van der Waals surface area contributed by atoms with Gasteiger partial charge in [0.05, 0.1) is 5.69 Å². The first-order valence-corrected chi connectivity index (χ1v) is 3.50. The van der Waals surface area contributed by atoms with Gasteiger partial charge in [-0.2, -0.15) is 0 Å². The summed E-state index contributed by atoms with van der Waals surface area (Å²) in [5.41, 5.74) is 0.935. The summed E-state index contributed by atoms with van der Waals surface area (Å²) in [5, 5.41) is 5.83. The molecule has 9 heavy (non-hydrogen) atoms. The van der Waals surface area contributed by atoms with Crippen LogP contribution in [0.5, 0.6) is 0 Å². The van der Waals surface area contributed by atoms with Gasteiger partial charge in [-0.3, -0.25) is 0 Å². The van der Waals surface area contributed by atoms with Crippen molar-refractivity contribution in [3.8, 4) is 0 Å². The lowest BCUT2D eigenvalue weighted by Crippen LogP contribution is -1.84. The monoisotopic (exact) mass is 140 g/mol. The van der Waals surface area contributed by atoms with E-state index in [1.165, 1.54) is 0 Å². The van der Waals surface area contributed by atoms with Gasteiger partial charge in [-0.25, -0.2) is 4.98 Å². The maximum absolute atomic E-state index is 4.14. The lowest BCUT2D eigenvalue weighted by molar-refractivity contribution is 1.34. The third kappa shape index (κ3) is 1.29. The number of nitrogens with one attached hydrogen (secondary N) is 1. The number of nitrogens with zero attached hydrogens (tertiary/aromatic N) is 1. The average molecular weight is 140 g/mol. The van der Waals surface area contributed by atoms with Crippen LogP contribution in [0.15, 0.2) is 12.0 Å². The van der Waals surface area contributed by atoms with Crippen molar-refractivity contribution in [2.75, 3.05) is 12.4 Å². The van der Waals surface area contributed by atoms with E-state index in [0.717, 1.165) is 10.8 Å². The maximum atomic E-state index is 4.14. The Morgan fingerprint density at radius 1 is 1.89 bits per heavy atom. The van der Waals surface area contributed by atoms with Gasteiger partial charge >= 0.3 is 0 Å². The lowest BCUT2D eigenvalue weighted by Gasteiger charge is -1.85. The Labute approximate surface area is 58.2 Å². The fourth-order valence-electron chi connectivity index (χ4n) is 0.495. The molecule has 0 bridgehead atoms. The van der Waals surface area contributed by atoms with E-state index in [2.05, 4.69) is 16.9 Å². The Morgan fingerprint density at radius 2 is 2.67 bits per heavy atom. The van der Waals surface area contributed by atoms with Crippen LogP contribution in [0.3, 0.4) is 0 Å². The Kier molecular flexibility index (Phi) is 1.85. The number of rotatable bonds is 2. The van der Waals surface area contributed by atoms with E-state index in [4.69, 9.17) is 0 Å². The molecule has 0 unspecified atom stereocenters. The van der Waals surface area contributed by atoms with E-state index in [9.17, 15) is 0 Å². The summed E-state index contributed by atoms with van der Waals surface area (Å²) < 4.78 is 0. The van der Waals surface area contributed by atoms with Crippen LogP contribution in [0.25, 0.3) is 6.08 Å². The molecule has 0 saturated heterocycles.